The van der Waals surface area contributed by atoms with Crippen LogP contribution in [-0.4, -0.2) is 193 Å². The van der Waals surface area contributed by atoms with Gasteiger partial charge in [-0.05, 0) is 70.6 Å². The van der Waals surface area contributed by atoms with E-state index in [-0.39, 0.29) is 18.9 Å². The van der Waals surface area contributed by atoms with Crippen LogP contribution in [0.25, 0.3) is 0 Å². The fourth-order valence-corrected chi connectivity index (χ4v) is 13.8. The number of carbonyl (C=O) groups is 1. The summed E-state index contributed by atoms with van der Waals surface area (Å²) in [6.45, 7) is 1.64. The molecule has 3 fully saturated rings. The molecule has 3 heterocycles. The van der Waals surface area contributed by atoms with E-state index in [0.29, 0.717) is 12.8 Å². The van der Waals surface area contributed by atoms with E-state index >= 15 is 0 Å². The first-order valence-electron chi connectivity index (χ1n) is 41.7. The summed E-state index contributed by atoms with van der Waals surface area (Å²) >= 11 is 0. The molecule has 0 spiro atoms. The molecule has 0 aromatic rings. The molecule has 0 saturated carbocycles. The Balaban J connectivity index is 1.37. The predicted molar refractivity (Wildman–Crippen MR) is 411 cm³/mol. The molecule has 103 heavy (non-hydrogen) atoms. The third-order valence-corrected chi connectivity index (χ3v) is 20.5. The Hall–Kier alpha value is -2.77. The van der Waals surface area contributed by atoms with Gasteiger partial charge in [-0.2, -0.15) is 0 Å². The summed E-state index contributed by atoms with van der Waals surface area (Å²) in [6.07, 6.45) is 57.5. The maximum Gasteiger partial charge on any atom is 0.220 e. The minimum atomic E-state index is -1.98. The number of unbranched alkanes of at least 4 members (excludes halogenated alkanes) is 40. The maximum absolute atomic E-state index is 13.5. The van der Waals surface area contributed by atoms with E-state index in [1.807, 2.05) is 6.08 Å². The van der Waals surface area contributed by atoms with Gasteiger partial charge in [0.05, 0.1) is 38.6 Å². The molecule has 0 aromatic heterocycles. The second kappa shape index (κ2) is 64.1. The van der Waals surface area contributed by atoms with Crippen LogP contribution in [0, 0.1) is 0 Å². The van der Waals surface area contributed by atoms with Crippen molar-refractivity contribution in [3.05, 3.63) is 72.9 Å². The summed E-state index contributed by atoms with van der Waals surface area (Å²) in [6, 6.07) is -0.996. The molecule has 3 rings (SSSR count). The molecule has 3 saturated heterocycles. The normalized spacial score (nSPS) is 26.4. The van der Waals surface area contributed by atoms with Crippen molar-refractivity contribution >= 4 is 5.91 Å². The summed E-state index contributed by atoms with van der Waals surface area (Å²) in [5.74, 6) is -0.284. The van der Waals surface area contributed by atoms with E-state index in [1.165, 1.54) is 218 Å². The molecular formula is C84H151NO18. The van der Waals surface area contributed by atoms with Crippen molar-refractivity contribution in [2.75, 3.05) is 26.4 Å². The first-order chi connectivity index (χ1) is 50.3. The first kappa shape index (κ1) is 94.4. The number of carbonyl (C=O) groups excluding carboxylic acids is 1. The van der Waals surface area contributed by atoms with Gasteiger partial charge in [0.25, 0.3) is 0 Å². The molecular weight excluding hydrogens is 1310 g/mol. The average molecular weight is 1460 g/mol. The fourth-order valence-electron chi connectivity index (χ4n) is 13.8. The van der Waals surface area contributed by atoms with Crippen molar-refractivity contribution in [2.45, 2.75) is 426 Å². The molecule has 0 aromatic carbocycles. The number of hydrogen-bond acceptors (Lipinski definition) is 18. The van der Waals surface area contributed by atoms with Crippen LogP contribution < -0.4 is 5.32 Å². The van der Waals surface area contributed by atoms with Gasteiger partial charge in [-0.3, -0.25) is 4.79 Å². The van der Waals surface area contributed by atoms with Gasteiger partial charge in [0.1, 0.15) is 73.2 Å². The van der Waals surface area contributed by atoms with E-state index in [0.717, 1.165) is 70.6 Å². The highest BCUT2D eigenvalue weighted by Crippen LogP contribution is 2.33. The minimum absolute atomic E-state index is 0.232. The van der Waals surface area contributed by atoms with E-state index in [1.54, 1.807) is 6.08 Å². The smallest absolute Gasteiger partial charge is 0.220 e. The van der Waals surface area contributed by atoms with Crippen molar-refractivity contribution in [2.24, 2.45) is 0 Å². The number of amides is 1. The number of rotatable bonds is 66. The van der Waals surface area contributed by atoms with Gasteiger partial charge in [0.2, 0.25) is 5.91 Å². The Labute approximate surface area is 623 Å². The number of aliphatic hydroxyl groups excluding tert-OH is 11. The second-order valence-corrected chi connectivity index (χ2v) is 29.6. The van der Waals surface area contributed by atoms with Crippen LogP contribution in [0.3, 0.4) is 0 Å². The monoisotopic (exact) mass is 1460 g/mol. The highest BCUT2D eigenvalue weighted by molar-refractivity contribution is 5.76. The largest absolute Gasteiger partial charge is 0.394 e. The van der Waals surface area contributed by atoms with Crippen molar-refractivity contribution < 1.29 is 89.4 Å². The van der Waals surface area contributed by atoms with Gasteiger partial charge in [0.15, 0.2) is 18.9 Å². The van der Waals surface area contributed by atoms with Crippen molar-refractivity contribution in [1.29, 1.82) is 0 Å². The van der Waals surface area contributed by atoms with Crippen LogP contribution in [0.4, 0.5) is 0 Å². The fraction of sp³-hybridized carbons (Fsp3) is 0.845. The third kappa shape index (κ3) is 43.9. The zero-order chi connectivity index (χ0) is 74.6. The lowest BCUT2D eigenvalue weighted by Gasteiger charge is -2.48. The zero-order valence-corrected chi connectivity index (χ0v) is 64.3. The Morgan fingerprint density at radius 2 is 0.680 bits per heavy atom. The van der Waals surface area contributed by atoms with Gasteiger partial charge in [0, 0.05) is 6.42 Å². The van der Waals surface area contributed by atoms with E-state index in [4.69, 9.17) is 28.4 Å². The summed E-state index contributed by atoms with van der Waals surface area (Å²) in [5.41, 5.74) is 0. The van der Waals surface area contributed by atoms with Crippen molar-refractivity contribution in [1.82, 2.24) is 5.32 Å². The lowest BCUT2D eigenvalue weighted by molar-refractivity contribution is -0.379. The molecule has 19 nitrogen and oxygen atoms in total. The SMILES string of the molecule is CC/C=C\C/C=C\C/C=C\C/C=C\CCCCCCCCCCCCCCCCC(=O)NC(COC1OC(CO)C(OC2OC(CO)C(OC3OC(CO)C(O)C(O)C3O)C(O)C2O)C(O)C1O)C(O)/C=C/CC/C=C/CCCCCCCCCCCCCCCCCCCCCCCCCCC. The van der Waals surface area contributed by atoms with Crippen LogP contribution in [0.2, 0.25) is 0 Å². The molecule has 0 aliphatic carbocycles. The van der Waals surface area contributed by atoms with Crippen LogP contribution in [-0.2, 0) is 33.2 Å². The Kier molecular flexibility index (Phi) is 58.8. The van der Waals surface area contributed by atoms with Crippen LogP contribution in [0.15, 0.2) is 72.9 Å². The van der Waals surface area contributed by atoms with Crippen LogP contribution >= 0.6 is 0 Å². The quantitative estimate of drug-likeness (QED) is 0.0199. The third-order valence-electron chi connectivity index (χ3n) is 20.5. The number of allylic oxidation sites excluding steroid dienone is 11. The molecule has 3 aliphatic rings. The molecule has 19 heteroatoms. The van der Waals surface area contributed by atoms with Gasteiger partial charge in [-0.1, -0.05) is 318 Å². The summed E-state index contributed by atoms with van der Waals surface area (Å²) < 4.78 is 34.5. The Morgan fingerprint density at radius 1 is 0.359 bits per heavy atom. The minimum Gasteiger partial charge on any atom is -0.394 e. The highest BCUT2D eigenvalue weighted by atomic mass is 16.8. The lowest BCUT2D eigenvalue weighted by atomic mass is 9.96. The average Bonchev–Trinajstić information content (AvgIpc) is 0.781. The topological polar surface area (TPSA) is 307 Å². The van der Waals surface area contributed by atoms with E-state index in [2.05, 4.69) is 79.9 Å². The molecule has 12 N–H and O–H groups in total. The number of hydrogen-bond donors (Lipinski definition) is 12. The zero-order valence-electron chi connectivity index (χ0n) is 64.3. The molecule has 0 bridgehead atoms. The summed E-state index contributed by atoms with van der Waals surface area (Å²) in [5, 5.41) is 121. The molecule has 0 radical (unpaired) electrons. The number of ether oxygens (including phenoxy) is 6. The standard InChI is InChI=1S/C84H151NO18/c1-3-5-7-9-11-13-15-17-19-21-23-25-27-29-31-32-33-34-36-37-39-41-43-45-47-49-51-53-55-57-59-61-68(89)67(85-72(90)62-60-58-56-54-52-50-48-46-44-42-40-38-35-30-28-26-24-22-20-18-16-14-12-10-8-6-4-2)66-98-82-78(96)75(93)80(70(64-87)100-82)103-84-79(97)76(94)81(71(65-88)101-84)102-83-77(95)74(92)73(91)69(63-86)99-83/h6,8,12,14,18,20,24,26,51,53,59,61,67-71,73-84,86-89,91-97H,3-5,7,9-11,13,15-17,19,21-23,25,27-50,52,54-58,60,62-66H2,1-2H3,(H,85,90)/b8-6-,14-12-,20-18-,26-24-,53-51+,61-59+. The van der Waals surface area contributed by atoms with E-state index in [9.17, 15) is 61.0 Å². The number of nitrogens with one attached hydrogen (secondary N) is 1. The molecule has 17 atom stereocenters. The van der Waals surface area contributed by atoms with Crippen molar-refractivity contribution in [3.8, 4) is 0 Å². The van der Waals surface area contributed by atoms with Gasteiger partial charge < -0.3 is 89.9 Å². The van der Waals surface area contributed by atoms with E-state index < -0.39 is 124 Å². The Morgan fingerprint density at radius 3 is 1.09 bits per heavy atom. The van der Waals surface area contributed by atoms with Gasteiger partial charge >= 0.3 is 0 Å². The second-order valence-electron chi connectivity index (χ2n) is 29.6. The Bertz CT molecular complexity index is 2140. The van der Waals surface area contributed by atoms with Crippen LogP contribution in [0.1, 0.15) is 322 Å². The first-order valence-corrected chi connectivity index (χ1v) is 41.7. The van der Waals surface area contributed by atoms with Crippen molar-refractivity contribution in [3.63, 3.8) is 0 Å². The van der Waals surface area contributed by atoms with Gasteiger partial charge in [-0.25, -0.2) is 0 Å². The molecule has 600 valence electrons. The van der Waals surface area contributed by atoms with Crippen LogP contribution in [0.5, 0.6) is 0 Å². The lowest BCUT2D eigenvalue weighted by Crippen LogP contribution is -2.66. The number of aliphatic hydroxyl groups is 11. The van der Waals surface area contributed by atoms with Gasteiger partial charge in [-0.15, -0.1) is 0 Å². The predicted octanol–water partition coefficient (Wildman–Crippen LogP) is 14.4. The molecule has 17 unspecified atom stereocenters. The maximum atomic E-state index is 13.5. The molecule has 1 amide bonds. The summed E-state index contributed by atoms with van der Waals surface area (Å²) in [7, 11) is 0. The molecule has 3 aliphatic heterocycles. The highest BCUT2D eigenvalue weighted by Gasteiger charge is 2.54. The summed E-state index contributed by atoms with van der Waals surface area (Å²) in [4.78, 5) is 13.5.